The number of aromatic nitrogens is 1. The van der Waals surface area contributed by atoms with E-state index in [0.717, 1.165) is 12.3 Å². The number of rotatable bonds is 7. The van der Waals surface area contributed by atoms with Crippen LogP contribution in [-0.4, -0.2) is 68.8 Å². The van der Waals surface area contributed by atoms with Gasteiger partial charge in [0.1, 0.15) is 28.8 Å². The third-order valence-corrected chi connectivity index (χ3v) is 7.12. The number of carbonyl (C=O) groups excluding carboxylic acids is 1. The van der Waals surface area contributed by atoms with Crippen molar-refractivity contribution in [2.45, 2.75) is 29.4 Å². The highest BCUT2D eigenvalue weighted by atomic mass is 32.2. The zero-order chi connectivity index (χ0) is 23.5. The van der Waals surface area contributed by atoms with E-state index in [1.807, 2.05) is 10.8 Å². The van der Waals surface area contributed by atoms with E-state index in [9.17, 15) is 18.5 Å². The molecule has 0 radical (unpaired) electrons. The van der Waals surface area contributed by atoms with E-state index in [0.29, 0.717) is 32.3 Å². The molecule has 2 aliphatic heterocycles. The summed E-state index contributed by atoms with van der Waals surface area (Å²) in [4.78, 5) is 17.9. The van der Waals surface area contributed by atoms with Crippen molar-refractivity contribution in [3.8, 4) is 11.9 Å². The van der Waals surface area contributed by atoms with Crippen molar-refractivity contribution >= 4 is 15.9 Å². The second kappa shape index (κ2) is 9.43. The van der Waals surface area contributed by atoms with Crippen molar-refractivity contribution in [1.29, 1.82) is 5.26 Å². The fourth-order valence-corrected chi connectivity index (χ4v) is 4.61. The van der Waals surface area contributed by atoms with Crippen LogP contribution in [0.3, 0.4) is 0 Å². The van der Waals surface area contributed by atoms with E-state index < -0.39 is 21.6 Å². The molecule has 0 spiro atoms. The Morgan fingerprint density at radius 2 is 2.00 bits per heavy atom. The number of halogens is 1. The normalized spacial score (nSPS) is 18.7. The Hall–Kier alpha value is -3.07. The van der Waals surface area contributed by atoms with Gasteiger partial charge in [0.2, 0.25) is 5.88 Å². The fraction of sp³-hybridized carbons (Fsp3) is 0.409. The summed E-state index contributed by atoms with van der Waals surface area (Å²) in [5, 5.41) is 9.43. The zero-order valence-corrected chi connectivity index (χ0v) is 18.6. The Bertz CT molecular complexity index is 1160. The lowest BCUT2D eigenvalue weighted by Gasteiger charge is -2.43. The molecule has 4 rings (SSSR count). The van der Waals surface area contributed by atoms with Gasteiger partial charge in [-0.2, -0.15) is 5.26 Å². The predicted octanol–water partition coefficient (Wildman–Crippen LogP) is 1.65. The SMILES string of the molecule is N#Cc1cc(S(=O)(=O)NC(=O)c2ccccc2)cnc1OCC1(F)CCN(C2COC2)CC1. The third kappa shape index (κ3) is 5.30. The predicted molar refractivity (Wildman–Crippen MR) is 115 cm³/mol. The van der Waals surface area contributed by atoms with E-state index in [-0.39, 0.29) is 41.4 Å². The number of benzene rings is 1. The summed E-state index contributed by atoms with van der Waals surface area (Å²) in [5.41, 5.74) is -1.57. The van der Waals surface area contributed by atoms with Gasteiger partial charge >= 0.3 is 0 Å². The molecule has 0 aliphatic carbocycles. The van der Waals surface area contributed by atoms with Gasteiger partial charge in [-0.05, 0) is 31.0 Å². The Labute approximate surface area is 191 Å². The molecule has 1 N–H and O–H groups in total. The molecule has 1 aromatic heterocycles. The molecular formula is C22H23FN4O5S. The molecular weight excluding hydrogens is 451 g/mol. The number of nitriles is 1. The maximum Gasteiger partial charge on any atom is 0.265 e. The molecule has 0 saturated carbocycles. The van der Waals surface area contributed by atoms with Crippen molar-refractivity contribution in [3.63, 3.8) is 0 Å². The van der Waals surface area contributed by atoms with E-state index in [1.165, 1.54) is 12.1 Å². The van der Waals surface area contributed by atoms with Crippen LogP contribution in [0.1, 0.15) is 28.8 Å². The number of sulfonamides is 1. The van der Waals surface area contributed by atoms with Crippen LogP contribution in [0.25, 0.3) is 0 Å². The Balaban J connectivity index is 1.40. The first-order valence-electron chi connectivity index (χ1n) is 10.5. The van der Waals surface area contributed by atoms with Gasteiger partial charge in [0.15, 0.2) is 0 Å². The van der Waals surface area contributed by atoms with Gasteiger partial charge in [0.05, 0.1) is 25.5 Å². The van der Waals surface area contributed by atoms with Crippen molar-refractivity contribution in [2.24, 2.45) is 0 Å². The summed E-state index contributed by atoms with van der Waals surface area (Å²) < 4.78 is 52.9. The van der Waals surface area contributed by atoms with Crippen molar-refractivity contribution in [2.75, 3.05) is 32.9 Å². The monoisotopic (exact) mass is 474 g/mol. The first-order valence-corrected chi connectivity index (χ1v) is 11.9. The summed E-state index contributed by atoms with van der Waals surface area (Å²) in [5.74, 6) is -0.966. The lowest BCUT2D eigenvalue weighted by atomic mass is 9.93. The number of ether oxygens (including phenoxy) is 2. The summed E-state index contributed by atoms with van der Waals surface area (Å²) >= 11 is 0. The van der Waals surface area contributed by atoms with E-state index in [2.05, 4.69) is 9.88 Å². The average molecular weight is 475 g/mol. The summed E-state index contributed by atoms with van der Waals surface area (Å²) in [6, 6.07) is 11.1. The molecule has 2 aromatic rings. The molecule has 0 atom stereocenters. The molecule has 2 saturated heterocycles. The number of nitrogens with zero attached hydrogens (tertiary/aromatic N) is 3. The largest absolute Gasteiger partial charge is 0.473 e. The number of nitrogens with one attached hydrogen (secondary N) is 1. The maximum atomic E-state index is 15.2. The molecule has 1 aromatic carbocycles. The number of hydrogen-bond donors (Lipinski definition) is 1. The number of likely N-dealkylation sites (tertiary alicyclic amines) is 1. The lowest BCUT2D eigenvalue weighted by Crippen LogP contribution is -2.55. The van der Waals surface area contributed by atoms with Crippen LogP contribution in [0, 0.1) is 11.3 Å². The molecule has 2 aliphatic rings. The van der Waals surface area contributed by atoms with Crippen LogP contribution in [0.5, 0.6) is 5.88 Å². The van der Waals surface area contributed by atoms with Gasteiger partial charge in [-0.3, -0.25) is 9.69 Å². The average Bonchev–Trinajstić information content (AvgIpc) is 2.78. The quantitative estimate of drug-likeness (QED) is 0.643. The number of piperidine rings is 1. The maximum absolute atomic E-state index is 15.2. The van der Waals surface area contributed by atoms with Crippen LogP contribution in [0.15, 0.2) is 47.5 Å². The van der Waals surface area contributed by atoms with Crippen molar-refractivity contribution in [1.82, 2.24) is 14.6 Å². The first kappa shape index (κ1) is 23.1. The van der Waals surface area contributed by atoms with Gasteiger partial charge < -0.3 is 9.47 Å². The fourth-order valence-electron chi connectivity index (χ4n) is 3.67. The molecule has 3 heterocycles. The number of amides is 1. The second-order valence-corrected chi connectivity index (χ2v) is 9.79. The van der Waals surface area contributed by atoms with E-state index >= 15 is 4.39 Å². The molecule has 33 heavy (non-hydrogen) atoms. The molecule has 9 nitrogen and oxygen atoms in total. The summed E-state index contributed by atoms with van der Waals surface area (Å²) in [6.07, 6.45) is 1.54. The number of hydrogen-bond acceptors (Lipinski definition) is 8. The van der Waals surface area contributed by atoms with Gasteiger partial charge in [0, 0.05) is 18.7 Å². The topological polar surface area (TPSA) is 122 Å². The summed E-state index contributed by atoms with van der Waals surface area (Å²) in [7, 11) is -4.27. The summed E-state index contributed by atoms with van der Waals surface area (Å²) in [6.45, 7) is 2.23. The van der Waals surface area contributed by atoms with Crippen molar-refractivity contribution in [3.05, 3.63) is 53.7 Å². The molecule has 0 unspecified atom stereocenters. The zero-order valence-electron chi connectivity index (χ0n) is 17.7. The van der Waals surface area contributed by atoms with Crippen LogP contribution < -0.4 is 9.46 Å². The standard InChI is InChI=1S/C22H23FN4O5S/c23-22(6-8-27(9-7-22)18-13-31-14-18)15-32-21-17(11-24)10-19(12-25-21)33(29,30)26-20(28)16-4-2-1-3-5-16/h1-5,10,12,18H,6-9,13-15H2,(H,26,28). The van der Waals surface area contributed by atoms with Gasteiger partial charge in [-0.1, -0.05) is 18.2 Å². The minimum Gasteiger partial charge on any atom is -0.473 e. The highest BCUT2D eigenvalue weighted by molar-refractivity contribution is 7.90. The van der Waals surface area contributed by atoms with E-state index in [4.69, 9.17) is 9.47 Å². The minimum absolute atomic E-state index is 0.155. The molecule has 1 amide bonds. The molecule has 2 fully saturated rings. The number of pyridine rings is 1. The third-order valence-electron chi connectivity index (χ3n) is 5.82. The molecule has 174 valence electrons. The number of carbonyl (C=O) groups is 1. The molecule has 0 bridgehead atoms. The first-order chi connectivity index (χ1) is 15.8. The van der Waals surface area contributed by atoms with Crippen LogP contribution in [0.2, 0.25) is 0 Å². The highest BCUT2D eigenvalue weighted by Gasteiger charge is 2.39. The highest BCUT2D eigenvalue weighted by Crippen LogP contribution is 2.30. The minimum atomic E-state index is -4.27. The lowest BCUT2D eigenvalue weighted by molar-refractivity contribution is -0.0892. The smallest absolute Gasteiger partial charge is 0.265 e. The van der Waals surface area contributed by atoms with Gasteiger partial charge in [0.25, 0.3) is 15.9 Å². The Morgan fingerprint density at radius 3 is 2.61 bits per heavy atom. The van der Waals surface area contributed by atoms with Crippen molar-refractivity contribution < 1.29 is 27.1 Å². The Kier molecular flexibility index (Phi) is 6.60. The molecule has 11 heteroatoms. The van der Waals surface area contributed by atoms with Crippen LogP contribution in [-0.2, 0) is 14.8 Å². The van der Waals surface area contributed by atoms with Crippen LogP contribution in [0.4, 0.5) is 4.39 Å². The van der Waals surface area contributed by atoms with Crippen LogP contribution >= 0.6 is 0 Å². The van der Waals surface area contributed by atoms with Gasteiger partial charge in [-0.25, -0.2) is 22.5 Å². The Morgan fingerprint density at radius 1 is 1.30 bits per heavy atom. The van der Waals surface area contributed by atoms with E-state index in [1.54, 1.807) is 18.2 Å². The number of alkyl halides is 1. The van der Waals surface area contributed by atoms with Gasteiger partial charge in [-0.15, -0.1) is 0 Å². The second-order valence-electron chi connectivity index (χ2n) is 8.10.